The molecule has 0 aliphatic carbocycles. The Hall–Kier alpha value is -2.83. The van der Waals surface area contributed by atoms with Crippen molar-refractivity contribution in [3.63, 3.8) is 0 Å². The molecule has 7 heteroatoms. The van der Waals surface area contributed by atoms with E-state index in [0.717, 1.165) is 12.1 Å². The van der Waals surface area contributed by atoms with E-state index in [1.165, 1.54) is 24.3 Å². The van der Waals surface area contributed by atoms with Gasteiger partial charge in [0.2, 0.25) is 0 Å². The van der Waals surface area contributed by atoms with E-state index in [9.17, 15) is 22.8 Å². The van der Waals surface area contributed by atoms with Crippen LogP contribution in [0.5, 0.6) is 0 Å². The molecule has 26 heavy (non-hydrogen) atoms. The van der Waals surface area contributed by atoms with Crippen molar-refractivity contribution in [2.45, 2.75) is 20.0 Å². The highest BCUT2D eigenvalue weighted by atomic mass is 19.4. The molecule has 0 radical (unpaired) electrons. The molecule has 0 atom stereocenters. The highest BCUT2D eigenvalue weighted by Gasteiger charge is 2.30. The molecule has 0 heterocycles. The Bertz CT molecular complexity index is 765. The smallest absolute Gasteiger partial charge is 0.339 e. The van der Waals surface area contributed by atoms with Crippen molar-refractivity contribution in [3.05, 3.63) is 65.2 Å². The molecular weight excluding hydrogens is 345 g/mol. The second-order valence-electron chi connectivity index (χ2n) is 5.58. The van der Waals surface area contributed by atoms with Gasteiger partial charge < -0.3 is 10.2 Å². The molecule has 0 aliphatic heterocycles. The molecule has 138 valence electrons. The third-order valence-electron chi connectivity index (χ3n) is 3.91. The van der Waals surface area contributed by atoms with Gasteiger partial charge in [-0.3, -0.25) is 9.59 Å². The number of rotatable bonds is 5. The maximum atomic E-state index is 12.5. The van der Waals surface area contributed by atoms with Crippen LogP contribution in [0.3, 0.4) is 0 Å². The Morgan fingerprint density at radius 2 is 1.38 bits per heavy atom. The first-order valence-electron chi connectivity index (χ1n) is 8.14. The molecule has 0 aromatic heterocycles. The quantitative estimate of drug-likeness (QED) is 0.853. The molecular formula is C19H19F3N2O2. The van der Waals surface area contributed by atoms with Crippen LogP contribution >= 0.6 is 0 Å². The predicted molar refractivity (Wildman–Crippen MR) is 93.1 cm³/mol. The van der Waals surface area contributed by atoms with Gasteiger partial charge in [0.15, 0.2) is 0 Å². The molecule has 0 fully saturated rings. The fraction of sp³-hybridized carbons (Fsp3) is 0.263. The number of nitrogens with one attached hydrogen (secondary N) is 1. The number of nitrogens with zero attached hydrogens (tertiary/aromatic N) is 1. The first kappa shape index (κ1) is 19.5. The summed E-state index contributed by atoms with van der Waals surface area (Å²) < 4.78 is 37.6. The highest BCUT2D eigenvalue weighted by Crippen LogP contribution is 2.29. The van der Waals surface area contributed by atoms with Crippen LogP contribution in [0.25, 0.3) is 0 Å². The molecule has 0 aliphatic rings. The highest BCUT2D eigenvalue weighted by molar-refractivity contribution is 6.05. The Labute approximate surface area is 149 Å². The lowest BCUT2D eigenvalue weighted by Gasteiger charge is -2.18. The van der Waals surface area contributed by atoms with Gasteiger partial charge in [0.05, 0.1) is 5.56 Å². The molecule has 0 unspecified atom stereocenters. The van der Waals surface area contributed by atoms with Crippen molar-refractivity contribution in [3.8, 4) is 0 Å². The van der Waals surface area contributed by atoms with E-state index in [0.29, 0.717) is 24.2 Å². The standard InChI is InChI=1S/C19H19F3N2O2/c1-3-24(4-2)18(26)14-7-5-13(6-8-14)17(25)23-16-11-9-15(10-12-16)19(20,21)22/h5-12H,3-4H2,1-2H3,(H,23,25). The average Bonchev–Trinajstić information content (AvgIpc) is 2.62. The maximum Gasteiger partial charge on any atom is 0.416 e. The molecule has 0 saturated heterocycles. The summed E-state index contributed by atoms with van der Waals surface area (Å²) in [5.74, 6) is -0.587. The van der Waals surface area contributed by atoms with Crippen LogP contribution in [-0.4, -0.2) is 29.8 Å². The third kappa shape index (κ3) is 4.62. The molecule has 0 spiro atoms. The number of amides is 2. The normalized spacial score (nSPS) is 11.1. The van der Waals surface area contributed by atoms with Crippen LogP contribution in [0.4, 0.5) is 18.9 Å². The van der Waals surface area contributed by atoms with Gasteiger partial charge in [-0.25, -0.2) is 0 Å². The van der Waals surface area contributed by atoms with E-state index < -0.39 is 17.6 Å². The zero-order valence-corrected chi connectivity index (χ0v) is 14.4. The molecule has 2 rings (SSSR count). The third-order valence-corrected chi connectivity index (χ3v) is 3.91. The van der Waals surface area contributed by atoms with Crippen molar-refractivity contribution in [1.29, 1.82) is 0 Å². The van der Waals surface area contributed by atoms with Crippen LogP contribution < -0.4 is 5.32 Å². The van der Waals surface area contributed by atoms with Crippen molar-refractivity contribution >= 4 is 17.5 Å². The van der Waals surface area contributed by atoms with E-state index >= 15 is 0 Å². The number of benzene rings is 2. The number of anilines is 1. The Morgan fingerprint density at radius 3 is 1.85 bits per heavy atom. The Balaban J connectivity index is 2.07. The summed E-state index contributed by atoms with van der Waals surface area (Å²) in [6.45, 7) is 4.94. The second kappa shape index (κ2) is 8.03. The van der Waals surface area contributed by atoms with Gasteiger partial charge in [-0.15, -0.1) is 0 Å². The molecule has 0 bridgehead atoms. The van der Waals surface area contributed by atoms with Gasteiger partial charge in [0, 0.05) is 29.9 Å². The minimum atomic E-state index is -4.42. The van der Waals surface area contributed by atoms with E-state index in [1.54, 1.807) is 17.0 Å². The Kier molecular flexibility index (Phi) is 6.02. The van der Waals surface area contributed by atoms with Gasteiger partial charge in [-0.1, -0.05) is 0 Å². The zero-order valence-electron chi connectivity index (χ0n) is 14.4. The van der Waals surface area contributed by atoms with Gasteiger partial charge in [-0.05, 0) is 62.4 Å². The second-order valence-corrected chi connectivity index (χ2v) is 5.58. The van der Waals surface area contributed by atoms with Crippen LogP contribution in [0.1, 0.15) is 40.1 Å². The summed E-state index contributed by atoms with van der Waals surface area (Å²) >= 11 is 0. The monoisotopic (exact) mass is 364 g/mol. The lowest BCUT2D eigenvalue weighted by molar-refractivity contribution is -0.137. The minimum absolute atomic E-state index is 0.121. The van der Waals surface area contributed by atoms with Crippen molar-refractivity contribution in [2.24, 2.45) is 0 Å². The number of alkyl halides is 3. The van der Waals surface area contributed by atoms with E-state index in [4.69, 9.17) is 0 Å². The van der Waals surface area contributed by atoms with Gasteiger partial charge in [0.25, 0.3) is 11.8 Å². The number of halogens is 3. The van der Waals surface area contributed by atoms with Crippen LogP contribution in [0, 0.1) is 0 Å². The van der Waals surface area contributed by atoms with Gasteiger partial charge in [0.1, 0.15) is 0 Å². The topological polar surface area (TPSA) is 49.4 Å². The van der Waals surface area contributed by atoms with Crippen LogP contribution in [0.2, 0.25) is 0 Å². The van der Waals surface area contributed by atoms with Gasteiger partial charge >= 0.3 is 6.18 Å². The average molecular weight is 364 g/mol. The van der Waals surface area contributed by atoms with E-state index in [2.05, 4.69) is 5.32 Å². The Morgan fingerprint density at radius 1 is 0.885 bits per heavy atom. The summed E-state index contributed by atoms with van der Waals surface area (Å²) in [5, 5.41) is 2.53. The number of hydrogen-bond donors (Lipinski definition) is 1. The van der Waals surface area contributed by atoms with Crippen molar-refractivity contribution in [1.82, 2.24) is 4.90 Å². The summed E-state index contributed by atoms with van der Waals surface area (Å²) in [7, 11) is 0. The number of hydrogen-bond acceptors (Lipinski definition) is 2. The molecule has 1 N–H and O–H groups in total. The largest absolute Gasteiger partial charge is 0.416 e. The first-order chi connectivity index (χ1) is 12.3. The van der Waals surface area contributed by atoms with E-state index in [-0.39, 0.29) is 11.6 Å². The SMILES string of the molecule is CCN(CC)C(=O)c1ccc(C(=O)Nc2ccc(C(F)(F)F)cc2)cc1. The van der Waals surface area contributed by atoms with Crippen LogP contribution in [-0.2, 0) is 6.18 Å². The van der Waals surface area contributed by atoms with Crippen LogP contribution in [0.15, 0.2) is 48.5 Å². The fourth-order valence-corrected chi connectivity index (χ4v) is 2.40. The van der Waals surface area contributed by atoms with Crippen molar-refractivity contribution in [2.75, 3.05) is 18.4 Å². The summed E-state index contributed by atoms with van der Waals surface area (Å²) in [6.07, 6.45) is -4.42. The van der Waals surface area contributed by atoms with E-state index in [1.807, 2.05) is 13.8 Å². The molecule has 2 amide bonds. The lowest BCUT2D eigenvalue weighted by Crippen LogP contribution is -2.30. The summed E-state index contributed by atoms with van der Waals surface area (Å²) in [5.41, 5.74) is 0.252. The number of carbonyl (C=O) groups excluding carboxylic acids is 2. The fourth-order valence-electron chi connectivity index (χ4n) is 2.40. The lowest BCUT2D eigenvalue weighted by atomic mass is 10.1. The maximum absolute atomic E-state index is 12.5. The summed E-state index contributed by atoms with van der Waals surface area (Å²) in [6, 6.07) is 10.3. The van der Waals surface area contributed by atoms with Gasteiger partial charge in [-0.2, -0.15) is 13.2 Å². The number of carbonyl (C=O) groups is 2. The minimum Gasteiger partial charge on any atom is -0.339 e. The first-order valence-corrected chi connectivity index (χ1v) is 8.14. The van der Waals surface area contributed by atoms with Crippen molar-refractivity contribution < 1.29 is 22.8 Å². The molecule has 2 aromatic carbocycles. The summed E-state index contributed by atoms with van der Waals surface area (Å²) in [4.78, 5) is 26.1. The molecule has 2 aromatic rings. The predicted octanol–water partition coefficient (Wildman–Crippen LogP) is 4.44. The zero-order chi connectivity index (χ0) is 19.3. The molecule has 4 nitrogen and oxygen atoms in total. The molecule has 0 saturated carbocycles.